The van der Waals surface area contributed by atoms with Crippen molar-refractivity contribution in [3.05, 3.63) is 87.1 Å². The molecule has 1 amide bonds. The van der Waals surface area contributed by atoms with E-state index in [-0.39, 0.29) is 5.91 Å². The van der Waals surface area contributed by atoms with Crippen LogP contribution in [0.4, 0.5) is 5.69 Å². The number of hydrogen-bond acceptors (Lipinski definition) is 2. The molecule has 24 heavy (non-hydrogen) atoms. The molecular weight excluding hydrogens is 314 g/mol. The molecule has 0 aliphatic carbocycles. The van der Waals surface area contributed by atoms with Crippen molar-refractivity contribution in [3.63, 3.8) is 0 Å². The molecule has 0 saturated carbocycles. The average Bonchev–Trinajstić information content (AvgIpc) is 3.09. The fourth-order valence-electron chi connectivity index (χ4n) is 2.58. The molecule has 122 valence electrons. The van der Waals surface area contributed by atoms with Gasteiger partial charge in [0.25, 0.3) is 5.91 Å². The van der Waals surface area contributed by atoms with Crippen LogP contribution in [0.25, 0.3) is 0 Å². The van der Waals surface area contributed by atoms with E-state index >= 15 is 0 Å². The quantitative estimate of drug-likeness (QED) is 0.615. The number of carbonyl (C=O) groups is 1. The lowest BCUT2D eigenvalue weighted by Gasteiger charge is -2.23. The number of amides is 1. The van der Waals surface area contributed by atoms with Gasteiger partial charge in [0.1, 0.15) is 0 Å². The van der Waals surface area contributed by atoms with Gasteiger partial charge in [0.15, 0.2) is 0 Å². The molecule has 1 heterocycles. The van der Waals surface area contributed by atoms with Crippen molar-refractivity contribution in [1.82, 2.24) is 0 Å². The van der Waals surface area contributed by atoms with Crippen molar-refractivity contribution in [2.75, 3.05) is 4.90 Å². The number of carbonyl (C=O) groups excluding carboxylic acids is 1. The molecule has 0 unspecified atom stereocenters. The molecule has 0 aliphatic rings. The van der Waals surface area contributed by atoms with Gasteiger partial charge in [-0.1, -0.05) is 29.8 Å². The van der Waals surface area contributed by atoms with Crippen molar-refractivity contribution in [2.45, 2.75) is 27.3 Å². The van der Waals surface area contributed by atoms with E-state index in [1.165, 1.54) is 16.0 Å². The highest BCUT2D eigenvalue weighted by Gasteiger charge is 2.19. The van der Waals surface area contributed by atoms with Gasteiger partial charge in [-0.2, -0.15) is 0 Å². The largest absolute Gasteiger partial charge is 0.303 e. The highest BCUT2D eigenvalue weighted by molar-refractivity contribution is 7.09. The summed E-state index contributed by atoms with van der Waals surface area (Å²) in [4.78, 5) is 16.1. The molecule has 0 fully saturated rings. The monoisotopic (exact) mass is 335 g/mol. The lowest BCUT2D eigenvalue weighted by atomic mass is 10.1. The molecule has 0 aliphatic heterocycles. The van der Waals surface area contributed by atoms with E-state index < -0.39 is 0 Å². The van der Waals surface area contributed by atoms with Crippen LogP contribution >= 0.6 is 11.3 Å². The molecule has 3 heteroatoms. The van der Waals surface area contributed by atoms with Crippen LogP contribution in [0.5, 0.6) is 0 Å². The summed E-state index contributed by atoms with van der Waals surface area (Å²) in [5.41, 5.74) is 5.24. The maximum Gasteiger partial charge on any atom is 0.258 e. The maximum atomic E-state index is 13.1. The Morgan fingerprint density at radius 1 is 0.958 bits per heavy atom. The van der Waals surface area contributed by atoms with Crippen LogP contribution in [0, 0.1) is 20.8 Å². The molecule has 2 nitrogen and oxygen atoms in total. The van der Waals surface area contributed by atoms with Gasteiger partial charge in [-0.05, 0) is 67.6 Å². The number of thiophene rings is 1. The van der Waals surface area contributed by atoms with Crippen LogP contribution in [-0.2, 0) is 6.54 Å². The van der Waals surface area contributed by atoms with Gasteiger partial charge < -0.3 is 4.90 Å². The zero-order chi connectivity index (χ0) is 17.1. The summed E-state index contributed by atoms with van der Waals surface area (Å²) < 4.78 is 0. The Morgan fingerprint density at radius 2 is 1.71 bits per heavy atom. The van der Waals surface area contributed by atoms with Crippen LogP contribution in [0.15, 0.2) is 60.0 Å². The second-order valence-corrected chi connectivity index (χ2v) is 7.14. The normalized spacial score (nSPS) is 10.6. The molecule has 3 aromatic rings. The number of nitrogens with zero attached hydrogens (tertiary/aromatic N) is 1. The Balaban J connectivity index is 1.98. The molecule has 0 spiro atoms. The smallest absolute Gasteiger partial charge is 0.258 e. The Bertz CT molecular complexity index is 835. The number of hydrogen-bond donors (Lipinski definition) is 0. The Hall–Kier alpha value is -2.39. The minimum atomic E-state index is 0.0339. The standard InChI is InChI=1S/C21H21NOS/c1-15-6-9-18(10-7-15)21(23)22(14-20-5-4-12-24-20)19-11-8-16(2)17(3)13-19/h4-13H,14H2,1-3H3. The van der Waals surface area contributed by atoms with E-state index in [4.69, 9.17) is 0 Å². The van der Waals surface area contributed by atoms with Crippen LogP contribution in [-0.4, -0.2) is 5.91 Å². The Labute approximate surface area is 147 Å². The number of anilines is 1. The van der Waals surface area contributed by atoms with Crippen LogP contribution in [0.2, 0.25) is 0 Å². The van der Waals surface area contributed by atoms with E-state index in [1.54, 1.807) is 11.3 Å². The molecule has 1 aromatic heterocycles. The van der Waals surface area contributed by atoms with Crippen molar-refractivity contribution in [3.8, 4) is 0 Å². The number of aryl methyl sites for hydroxylation is 3. The summed E-state index contributed by atoms with van der Waals surface area (Å²) in [6.45, 7) is 6.79. The zero-order valence-electron chi connectivity index (χ0n) is 14.2. The molecular formula is C21H21NOS. The fraction of sp³-hybridized carbons (Fsp3) is 0.190. The molecule has 3 rings (SSSR count). The SMILES string of the molecule is Cc1ccc(C(=O)N(Cc2cccs2)c2ccc(C)c(C)c2)cc1. The first-order valence-electron chi connectivity index (χ1n) is 8.03. The Morgan fingerprint density at radius 3 is 2.33 bits per heavy atom. The second kappa shape index (κ2) is 7.02. The third kappa shape index (κ3) is 3.57. The van der Waals surface area contributed by atoms with Gasteiger partial charge in [0.2, 0.25) is 0 Å². The first kappa shape index (κ1) is 16.5. The lowest BCUT2D eigenvalue weighted by Crippen LogP contribution is -2.30. The van der Waals surface area contributed by atoms with Gasteiger partial charge in [-0.3, -0.25) is 4.79 Å². The van der Waals surface area contributed by atoms with Gasteiger partial charge in [0.05, 0.1) is 6.54 Å². The summed E-state index contributed by atoms with van der Waals surface area (Å²) in [6.07, 6.45) is 0. The first-order chi connectivity index (χ1) is 11.5. The Kier molecular flexibility index (Phi) is 4.81. The van der Waals surface area contributed by atoms with Gasteiger partial charge in [-0.25, -0.2) is 0 Å². The summed E-state index contributed by atoms with van der Waals surface area (Å²) in [5.74, 6) is 0.0339. The predicted octanol–water partition coefficient (Wildman–Crippen LogP) is 5.52. The minimum absolute atomic E-state index is 0.0339. The van der Waals surface area contributed by atoms with Crippen molar-refractivity contribution < 1.29 is 4.79 Å². The van der Waals surface area contributed by atoms with Crippen molar-refractivity contribution in [2.24, 2.45) is 0 Å². The molecule has 0 saturated heterocycles. The van der Waals surface area contributed by atoms with Crippen LogP contribution in [0.1, 0.15) is 31.9 Å². The predicted molar refractivity (Wildman–Crippen MR) is 102 cm³/mol. The highest BCUT2D eigenvalue weighted by Crippen LogP contribution is 2.24. The van der Waals surface area contributed by atoms with E-state index in [0.29, 0.717) is 6.54 Å². The van der Waals surface area contributed by atoms with E-state index in [0.717, 1.165) is 16.8 Å². The molecule has 0 bridgehead atoms. The van der Waals surface area contributed by atoms with Crippen LogP contribution in [0.3, 0.4) is 0 Å². The number of benzene rings is 2. The average molecular weight is 335 g/mol. The summed E-state index contributed by atoms with van der Waals surface area (Å²) in [7, 11) is 0. The summed E-state index contributed by atoms with van der Waals surface area (Å²) >= 11 is 1.67. The minimum Gasteiger partial charge on any atom is -0.303 e. The van der Waals surface area contributed by atoms with Gasteiger partial charge >= 0.3 is 0 Å². The van der Waals surface area contributed by atoms with E-state index in [2.05, 4.69) is 32.0 Å². The van der Waals surface area contributed by atoms with E-state index in [1.807, 2.05) is 53.6 Å². The molecule has 0 N–H and O–H groups in total. The van der Waals surface area contributed by atoms with Gasteiger partial charge in [0, 0.05) is 16.1 Å². The second-order valence-electron chi connectivity index (χ2n) is 6.11. The molecule has 0 radical (unpaired) electrons. The first-order valence-corrected chi connectivity index (χ1v) is 8.91. The summed E-state index contributed by atoms with van der Waals surface area (Å²) in [5, 5.41) is 2.05. The lowest BCUT2D eigenvalue weighted by molar-refractivity contribution is 0.0985. The van der Waals surface area contributed by atoms with Crippen molar-refractivity contribution >= 4 is 22.9 Å². The molecule has 0 atom stereocenters. The fourth-order valence-corrected chi connectivity index (χ4v) is 3.28. The third-order valence-corrected chi connectivity index (χ3v) is 5.10. The maximum absolute atomic E-state index is 13.1. The van der Waals surface area contributed by atoms with Crippen LogP contribution < -0.4 is 4.90 Å². The van der Waals surface area contributed by atoms with Gasteiger partial charge in [-0.15, -0.1) is 11.3 Å². The van der Waals surface area contributed by atoms with Crippen molar-refractivity contribution in [1.29, 1.82) is 0 Å². The zero-order valence-corrected chi connectivity index (χ0v) is 15.1. The third-order valence-electron chi connectivity index (χ3n) is 4.24. The topological polar surface area (TPSA) is 20.3 Å². The summed E-state index contributed by atoms with van der Waals surface area (Å²) in [6, 6.07) is 18.1. The van der Waals surface area contributed by atoms with E-state index in [9.17, 15) is 4.79 Å². The molecule has 2 aromatic carbocycles. The number of rotatable bonds is 4. The highest BCUT2D eigenvalue weighted by atomic mass is 32.1.